The van der Waals surface area contributed by atoms with Crippen molar-refractivity contribution in [3.05, 3.63) is 23.9 Å². The largest absolute Gasteiger partial charge is 0.368 e. The summed E-state index contributed by atoms with van der Waals surface area (Å²) in [7, 11) is 0. The van der Waals surface area contributed by atoms with Crippen LogP contribution in [0.3, 0.4) is 0 Å². The molecule has 22 heavy (non-hydrogen) atoms. The monoisotopic (exact) mass is 300 g/mol. The standard InChI is InChI=1S/C16H20N4O2/c17-12-13-4-1-6-18-15(13)19-7-3-8-20(10-9-19)16(21)14-5-2-11-22-14/h1,4,6,14H,2-3,5,7-11H2. The molecule has 2 fully saturated rings. The number of anilines is 1. The molecule has 0 aromatic carbocycles. The van der Waals surface area contributed by atoms with Crippen LogP contribution in [0.1, 0.15) is 24.8 Å². The maximum absolute atomic E-state index is 12.4. The Hall–Kier alpha value is -2.13. The minimum atomic E-state index is -0.254. The fourth-order valence-corrected chi connectivity index (χ4v) is 3.06. The summed E-state index contributed by atoms with van der Waals surface area (Å²) < 4.78 is 5.50. The number of aromatic nitrogens is 1. The third-order valence-electron chi connectivity index (χ3n) is 4.22. The van der Waals surface area contributed by atoms with Gasteiger partial charge in [0.25, 0.3) is 5.91 Å². The summed E-state index contributed by atoms with van der Waals surface area (Å²) in [4.78, 5) is 20.8. The lowest BCUT2D eigenvalue weighted by Crippen LogP contribution is -2.41. The second-order valence-electron chi connectivity index (χ2n) is 5.65. The van der Waals surface area contributed by atoms with Crippen molar-refractivity contribution in [3.63, 3.8) is 0 Å². The fraction of sp³-hybridized carbons (Fsp3) is 0.562. The van der Waals surface area contributed by atoms with Crippen LogP contribution in [0.15, 0.2) is 18.3 Å². The van der Waals surface area contributed by atoms with Gasteiger partial charge in [0.1, 0.15) is 18.0 Å². The molecule has 0 radical (unpaired) electrons. The van der Waals surface area contributed by atoms with E-state index >= 15 is 0 Å². The smallest absolute Gasteiger partial charge is 0.251 e. The van der Waals surface area contributed by atoms with E-state index in [1.807, 2.05) is 4.90 Å². The normalized spacial score (nSPS) is 22.2. The number of nitrogens with zero attached hydrogens (tertiary/aromatic N) is 4. The average Bonchev–Trinajstić information content (AvgIpc) is 2.99. The lowest BCUT2D eigenvalue weighted by atomic mass is 10.2. The quantitative estimate of drug-likeness (QED) is 0.820. The molecule has 2 aliphatic rings. The lowest BCUT2D eigenvalue weighted by Gasteiger charge is -2.24. The minimum Gasteiger partial charge on any atom is -0.368 e. The summed E-state index contributed by atoms with van der Waals surface area (Å²) in [6.45, 7) is 3.59. The first kappa shape index (κ1) is 14.8. The van der Waals surface area contributed by atoms with Crippen LogP contribution in [0, 0.1) is 11.3 Å². The summed E-state index contributed by atoms with van der Waals surface area (Å²) in [6, 6.07) is 5.74. The van der Waals surface area contributed by atoms with Gasteiger partial charge >= 0.3 is 0 Å². The Morgan fingerprint density at radius 3 is 3.00 bits per heavy atom. The number of hydrogen-bond acceptors (Lipinski definition) is 5. The molecule has 1 unspecified atom stereocenters. The van der Waals surface area contributed by atoms with Gasteiger partial charge in [0, 0.05) is 39.0 Å². The van der Waals surface area contributed by atoms with Crippen LogP contribution in [-0.4, -0.2) is 54.7 Å². The maximum atomic E-state index is 12.4. The van der Waals surface area contributed by atoms with Crippen LogP contribution >= 0.6 is 0 Å². The van der Waals surface area contributed by atoms with Gasteiger partial charge in [-0.25, -0.2) is 4.98 Å². The Balaban J connectivity index is 1.67. The first-order valence-corrected chi connectivity index (χ1v) is 7.80. The topological polar surface area (TPSA) is 69.5 Å². The highest BCUT2D eigenvalue weighted by Crippen LogP contribution is 2.20. The van der Waals surface area contributed by atoms with E-state index in [0.29, 0.717) is 25.3 Å². The Kier molecular flexibility index (Phi) is 4.54. The molecule has 3 heterocycles. The molecule has 116 valence electrons. The first-order valence-electron chi connectivity index (χ1n) is 7.80. The Morgan fingerprint density at radius 2 is 2.23 bits per heavy atom. The minimum absolute atomic E-state index is 0.112. The molecule has 0 spiro atoms. The zero-order chi connectivity index (χ0) is 15.4. The molecule has 6 heteroatoms. The van der Waals surface area contributed by atoms with Crippen molar-refractivity contribution in [2.45, 2.75) is 25.4 Å². The second-order valence-corrected chi connectivity index (χ2v) is 5.65. The van der Waals surface area contributed by atoms with Gasteiger partial charge in [-0.05, 0) is 31.4 Å². The van der Waals surface area contributed by atoms with Gasteiger partial charge < -0.3 is 14.5 Å². The van der Waals surface area contributed by atoms with E-state index < -0.39 is 0 Å². The molecule has 2 aliphatic heterocycles. The Labute approximate surface area is 130 Å². The second kappa shape index (κ2) is 6.75. The van der Waals surface area contributed by atoms with Crippen LogP contribution in [0.25, 0.3) is 0 Å². The van der Waals surface area contributed by atoms with Crippen LogP contribution in [0.5, 0.6) is 0 Å². The lowest BCUT2D eigenvalue weighted by molar-refractivity contribution is -0.140. The molecular weight excluding hydrogens is 280 g/mol. The van der Waals surface area contributed by atoms with Gasteiger partial charge in [0.05, 0.1) is 5.56 Å². The highest BCUT2D eigenvalue weighted by molar-refractivity contribution is 5.81. The molecule has 3 rings (SSSR count). The van der Waals surface area contributed by atoms with Gasteiger partial charge in [-0.15, -0.1) is 0 Å². The zero-order valence-electron chi connectivity index (χ0n) is 12.6. The van der Waals surface area contributed by atoms with Crippen LogP contribution in [0.2, 0.25) is 0 Å². The first-order chi connectivity index (χ1) is 10.8. The van der Waals surface area contributed by atoms with Crippen molar-refractivity contribution in [2.75, 3.05) is 37.7 Å². The number of rotatable bonds is 2. The molecular formula is C16H20N4O2. The van der Waals surface area contributed by atoms with E-state index in [2.05, 4.69) is 16.0 Å². The maximum Gasteiger partial charge on any atom is 0.251 e. The van der Waals surface area contributed by atoms with Crippen molar-refractivity contribution in [2.24, 2.45) is 0 Å². The summed E-state index contributed by atoms with van der Waals surface area (Å²) >= 11 is 0. The van der Waals surface area contributed by atoms with Gasteiger partial charge in [-0.1, -0.05) is 0 Å². The van der Waals surface area contributed by atoms with Crippen molar-refractivity contribution in [3.8, 4) is 6.07 Å². The average molecular weight is 300 g/mol. The van der Waals surface area contributed by atoms with E-state index in [9.17, 15) is 10.1 Å². The van der Waals surface area contributed by atoms with Crippen molar-refractivity contribution < 1.29 is 9.53 Å². The van der Waals surface area contributed by atoms with E-state index in [0.717, 1.165) is 38.2 Å². The molecule has 0 aliphatic carbocycles. The third-order valence-corrected chi connectivity index (χ3v) is 4.22. The van der Waals surface area contributed by atoms with E-state index in [4.69, 9.17) is 4.74 Å². The number of carbonyl (C=O) groups is 1. The molecule has 0 bridgehead atoms. The summed E-state index contributed by atoms with van der Waals surface area (Å²) in [5.74, 6) is 0.831. The van der Waals surface area contributed by atoms with E-state index in [1.54, 1.807) is 18.3 Å². The zero-order valence-corrected chi connectivity index (χ0v) is 12.6. The van der Waals surface area contributed by atoms with Gasteiger partial charge in [-0.3, -0.25) is 4.79 Å². The molecule has 0 saturated carbocycles. The highest BCUT2D eigenvalue weighted by Gasteiger charge is 2.29. The van der Waals surface area contributed by atoms with Crippen LogP contribution in [0.4, 0.5) is 5.82 Å². The molecule has 1 aromatic rings. The third kappa shape index (κ3) is 3.04. The predicted octanol–water partition coefficient (Wildman–Crippen LogP) is 1.17. The summed E-state index contributed by atoms with van der Waals surface area (Å²) in [5, 5.41) is 9.21. The number of carbonyl (C=O) groups excluding carboxylic acids is 1. The number of ether oxygens (including phenoxy) is 1. The fourth-order valence-electron chi connectivity index (χ4n) is 3.06. The summed E-state index contributed by atoms with van der Waals surface area (Å²) in [5.41, 5.74) is 0.585. The SMILES string of the molecule is N#Cc1cccnc1N1CCCN(C(=O)C2CCCO2)CC1. The van der Waals surface area contributed by atoms with Crippen molar-refractivity contribution in [1.29, 1.82) is 5.26 Å². The molecule has 1 atom stereocenters. The summed E-state index contributed by atoms with van der Waals surface area (Å²) in [6.07, 6.45) is 4.13. The molecule has 6 nitrogen and oxygen atoms in total. The van der Waals surface area contributed by atoms with Gasteiger partial charge in [0.15, 0.2) is 0 Å². The number of hydrogen-bond donors (Lipinski definition) is 0. The molecule has 2 saturated heterocycles. The van der Waals surface area contributed by atoms with Gasteiger partial charge in [-0.2, -0.15) is 5.26 Å². The van der Waals surface area contributed by atoms with Crippen LogP contribution in [-0.2, 0) is 9.53 Å². The number of pyridine rings is 1. The molecule has 1 amide bonds. The predicted molar refractivity (Wildman–Crippen MR) is 81.3 cm³/mol. The van der Waals surface area contributed by atoms with Gasteiger partial charge in [0.2, 0.25) is 0 Å². The van der Waals surface area contributed by atoms with E-state index in [-0.39, 0.29) is 12.0 Å². The number of nitriles is 1. The molecule has 0 N–H and O–H groups in total. The van der Waals surface area contributed by atoms with E-state index in [1.165, 1.54) is 0 Å². The Morgan fingerprint density at radius 1 is 1.32 bits per heavy atom. The van der Waals surface area contributed by atoms with Crippen molar-refractivity contribution in [1.82, 2.24) is 9.88 Å². The van der Waals surface area contributed by atoms with Crippen molar-refractivity contribution >= 4 is 11.7 Å². The highest BCUT2D eigenvalue weighted by atomic mass is 16.5. The number of amides is 1. The Bertz CT molecular complexity index is 578. The molecule has 1 aromatic heterocycles. The van der Waals surface area contributed by atoms with Crippen LogP contribution < -0.4 is 4.90 Å².